The van der Waals surface area contributed by atoms with Crippen molar-refractivity contribution in [1.82, 2.24) is 5.01 Å². The lowest BCUT2D eigenvalue weighted by molar-refractivity contribution is -0.558. The van der Waals surface area contributed by atoms with Crippen molar-refractivity contribution in [2.45, 2.75) is 38.9 Å². The molecule has 0 aromatic rings. The maximum absolute atomic E-state index is 11.9. The molecule has 5 nitrogen and oxygen atoms in total. The molecule has 0 radical (unpaired) electrons. The van der Waals surface area contributed by atoms with Crippen LogP contribution in [0.15, 0.2) is 5.29 Å². The molecule has 0 aliphatic carbocycles. The molecule has 0 aromatic carbocycles. The molecular weight excluding hydrogens is 250 g/mol. The Labute approximate surface area is 91.4 Å². The number of alkyl halides is 1. The van der Waals surface area contributed by atoms with Crippen molar-refractivity contribution in [3.63, 3.8) is 0 Å². The molecule has 0 N–H and O–H groups in total. The topological polar surface area (TPSA) is 58.7 Å². The molecule has 0 saturated heterocycles. The average Bonchev–Trinajstić information content (AvgIpc) is 2.16. The lowest BCUT2D eigenvalue weighted by Crippen LogP contribution is -2.50. The van der Waals surface area contributed by atoms with Crippen LogP contribution in [0.5, 0.6) is 0 Å². The smallest absolute Gasteiger partial charge is 0.260 e. The predicted molar refractivity (Wildman–Crippen MR) is 58.2 cm³/mol. The number of halogens is 1. The first-order valence-electron chi connectivity index (χ1n) is 4.33. The number of rotatable bonds is 2. The van der Waals surface area contributed by atoms with E-state index in [0.717, 1.165) is 4.74 Å². The normalized spacial score (nSPS) is 24.2. The van der Waals surface area contributed by atoms with Gasteiger partial charge in [0.05, 0.1) is 10.6 Å². The molecule has 0 bridgehead atoms. The molecule has 0 amide bonds. The van der Waals surface area contributed by atoms with E-state index in [-0.39, 0.29) is 0 Å². The van der Waals surface area contributed by atoms with E-state index in [9.17, 15) is 10.1 Å². The van der Waals surface area contributed by atoms with Gasteiger partial charge in [0.1, 0.15) is 5.54 Å². The first kappa shape index (κ1) is 11.4. The molecule has 0 atom stereocenters. The Morgan fingerprint density at radius 2 is 2.00 bits per heavy atom. The molecule has 0 fully saturated rings. The third kappa shape index (κ3) is 1.24. The zero-order chi connectivity index (χ0) is 11.1. The van der Waals surface area contributed by atoms with E-state index in [0.29, 0.717) is 11.0 Å². The van der Waals surface area contributed by atoms with E-state index in [1.54, 1.807) is 13.8 Å². The average molecular weight is 264 g/mol. The highest BCUT2D eigenvalue weighted by Gasteiger charge is 2.56. The first-order chi connectivity index (χ1) is 6.30. The summed E-state index contributed by atoms with van der Waals surface area (Å²) in [5, 5.41) is 16.5. The van der Waals surface area contributed by atoms with Crippen LogP contribution < -0.4 is 0 Å². The van der Waals surface area contributed by atoms with Crippen LogP contribution in [0.3, 0.4) is 0 Å². The molecular formula is C8H14BrN3O2. The molecule has 0 aromatic heterocycles. The lowest BCUT2D eigenvalue weighted by atomic mass is 10.00. The van der Waals surface area contributed by atoms with Crippen molar-refractivity contribution in [1.29, 1.82) is 0 Å². The zero-order valence-corrected chi connectivity index (χ0v) is 10.3. The molecule has 1 heterocycles. The van der Waals surface area contributed by atoms with Crippen molar-refractivity contribution in [3.05, 3.63) is 10.1 Å². The number of hydrogen-bond acceptors (Lipinski definition) is 3. The SMILES string of the molecule is CC1(C)C(CBr)=[N+]([O-])C(C)(C)N1N=O. The number of nitroso groups, excluding NO2 is 1. The predicted octanol–water partition coefficient (Wildman–Crippen LogP) is 1.84. The summed E-state index contributed by atoms with van der Waals surface area (Å²) < 4.78 is 0.850. The van der Waals surface area contributed by atoms with Gasteiger partial charge in [0.2, 0.25) is 5.71 Å². The molecule has 0 unspecified atom stereocenters. The molecule has 6 heteroatoms. The standard InChI is InChI=1S/C8H14BrN3O2/c1-7(2)6(5-9)11(14)8(3,4)12(7)10-13/h5H2,1-4H3. The number of hydrogen-bond donors (Lipinski definition) is 0. The van der Waals surface area contributed by atoms with Crippen LogP contribution in [-0.2, 0) is 0 Å². The fourth-order valence-corrected chi connectivity index (χ4v) is 2.80. The van der Waals surface area contributed by atoms with Gasteiger partial charge in [-0.3, -0.25) is 0 Å². The summed E-state index contributed by atoms with van der Waals surface area (Å²) in [5.41, 5.74) is -0.924. The summed E-state index contributed by atoms with van der Waals surface area (Å²) in [6.07, 6.45) is 0. The second-order valence-corrected chi connectivity index (χ2v) is 4.88. The Morgan fingerprint density at radius 3 is 2.21 bits per heavy atom. The van der Waals surface area contributed by atoms with Crippen LogP contribution in [0, 0.1) is 10.1 Å². The summed E-state index contributed by atoms with van der Waals surface area (Å²) in [4.78, 5) is 10.7. The number of nitrogens with zero attached hydrogens (tertiary/aromatic N) is 3. The maximum atomic E-state index is 11.9. The van der Waals surface area contributed by atoms with E-state index in [2.05, 4.69) is 21.2 Å². The van der Waals surface area contributed by atoms with Crippen LogP contribution in [0.1, 0.15) is 27.7 Å². The third-order valence-corrected chi connectivity index (χ3v) is 3.24. The minimum Gasteiger partial charge on any atom is -0.622 e. The van der Waals surface area contributed by atoms with Crippen molar-refractivity contribution >= 4 is 21.6 Å². The van der Waals surface area contributed by atoms with Gasteiger partial charge in [-0.2, -0.15) is 9.75 Å². The van der Waals surface area contributed by atoms with Gasteiger partial charge in [0.15, 0.2) is 0 Å². The molecule has 1 rings (SSSR count). The first-order valence-corrected chi connectivity index (χ1v) is 5.45. The molecule has 0 saturated carbocycles. The van der Waals surface area contributed by atoms with E-state index < -0.39 is 11.2 Å². The summed E-state index contributed by atoms with van der Waals surface area (Å²) in [5.74, 6) is 0. The van der Waals surface area contributed by atoms with Crippen LogP contribution in [0.25, 0.3) is 0 Å². The van der Waals surface area contributed by atoms with Crippen LogP contribution >= 0.6 is 15.9 Å². The van der Waals surface area contributed by atoms with Gasteiger partial charge in [0, 0.05) is 13.8 Å². The fraction of sp³-hybridized carbons (Fsp3) is 0.875. The highest BCUT2D eigenvalue weighted by molar-refractivity contribution is 9.09. The summed E-state index contributed by atoms with van der Waals surface area (Å²) >= 11 is 3.25. The van der Waals surface area contributed by atoms with Crippen molar-refractivity contribution in [2.24, 2.45) is 5.29 Å². The highest BCUT2D eigenvalue weighted by Crippen LogP contribution is 2.34. The largest absolute Gasteiger partial charge is 0.622 e. The van der Waals surface area contributed by atoms with E-state index >= 15 is 0 Å². The van der Waals surface area contributed by atoms with Gasteiger partial charge < -0.3 is 5.21 Å². The summed E-state index contributed by atoms with van der Waals surface area (Å²) in [7, 11) is 0. The summed E-state index contributed by atoms with van der Waals surface area (Å²) in [6, 6.07) is 0. The van der Waals surface area contributed by atoms with E-state index in [4.69, 9.17) is 0 Å². The molecule has 80 valence electrons. The summed E-state index contributed by atoms with van der Waals surface area (Å²) in [6.45, 7) is 6.98. The van der Waals surface area contributed by atoms with Crippen molar-refractivity contribution in [2.75, 3.05) is 5.33 Å². The van der Waals surface area contributed by atoms with E-state index in [1.165, 1.54) is 5.01 Å². The van der Waals surface area contributed by atoms with Crippen LogP contribution in [0.4, 0.5) is 0 Å². The monoisotopic (exact) mass is 263 g/mol. The Hall–Kier alpha value is -0.650. The second kappa shape index (κ2) is 3.18. The Morgan fingerprint density at radius 1 is 1.50 bits per heavy atom. The quantitative estimate of drug-likeness (QED) is 0.331. The van der Waals surface area contributed by atoms with Gasteiger partial charge in [0.25, 0.3) is 5.66 Å². The second-order valence-electron chi connectivity index (χ2n) is 4.32. The lowest BCUT2D eigenvalue weighted by Gasteiger charge is -2.30. The van der Waals surface area contributed by atoms with Gasteiger partial charge >= 0.3 is 0 Å². The van der Waals surface area contributed by atoms with E-state index in [1.807, 2.05) is 13.8 Å². The molecule has 1 aliphatic rings. The van der Waals surface area contributed by atoms with Gasteiger partial charge in [-0.05, 0) is 13.8 Å². The zero-order valence-electron chi connectivity index (χ0n) is 8.74. The van der Waals surface area contributed by atoms with Crippen molar-refractivity contribution in [3.8, 4) is 0 Å². The Balaban J connectivity index is 3.30. The fourth-order valence-electron chi connectivity index (χ4n) is 1.89. The molecule has 14 heavy (non-hydrogen) atoms. The Bertz CT molecular complexity index is 299. The number of hydroxylamine groups is 1. The minimum atomic E-state index is -0.908. The minimum absolute atomic E-state index is 0.443. The highest BCUT2D eigenvalue weighted by atomic mass is 79.9. The van der Waals surface area contributed by atoms with Gasteiger partial charge in [-0.25, -0.2) is 0 Å². The maximum Gasteiger partial charge on any atom is 0.260 e. The van der Waals surface area contributed by atoms with Gasteiger partial charge in [-0.1, -0.05) is 15.9 Å². The molecule has 1 aliphatic heterocycles. The Kier molecular flexibility index (Phi) is 2.60. The van der Waals surface area contributed by atoms with Crippen LogP contribution in [-0.4, -0.2) is 32.0 Å². The van der Waals surface area contributed by atoms with Gasteiger partial charge in [-0.15, -0.1) is 4.91 Å². The third-order valence-electron chi connectivity index (χ3n) is 2.70. The van der Waals surface area contributed by atoms with Crippen LogP contribution in [0.2, 0.25) is 0 Å². The molecule has 0 spiro atoms. The van der Waals surface area contributed by atoms with Crippen molar-refractivity contribution < 1.29 is 4.74 Å².